The number of carbonyl (C=O) groups excluding carboxylic acids is 6. The molecule has 6 atom stereocenters. The number of carbonyl (C=O) groups is 6. The van der Waals surface area contributed by atoms with Crippen molar-refractivity contribution in [1.29, 1.82) is 0 Å². The van der Waals surface area contributed by atoms with Gasteiger partial charge in [-0.1, -0.05) is 73.5 Å². The Hall–Kier alpha value is -6.91. The molecule has 1 aliphatic heterocycles. The summed E-state index contributed by atoms with van der Waals surface area (Å²) in [5.41, 5.74) is 9.46. The van der Waals surface area contributed by atoms with E-state index >= 15 is 0 Å². The summed E-state index contributed by atoms with van der Waals surface area (Å²) in [6.45, 7) is 5.28. The average Bonchev–Trinajstić information content (AvgIpc) is 3.86. The molecule has 4 bridgehead atoms. The van der Waals surface area contributed by atoms with Crippen LogP contribution >= 0.6 is 11.6 Å². The molecular formula is C50H57ClN8O8. The number of aromatic amines is 1. The molecule has 0 spiro atoms. The first-order valence-electron chi connectivity index (χ1n) is 22.4. The molecule has 67 heavy (non-hydrogen) atoms. The van der Waals surface area contributed by atoms with Gasteiger partial charge in [0, 0.05) is 47.5 Å². The Morgan fingerprint density at radius 1 is 0.851 bits per heavy atom. The van der Waals surface area contributed by atoms with Gasteiger partial charge in [0.25, 0.3) is 0 Å². The number of nitrogens with one attached hydrogen (secondary N) is 4. The zero-order valence-electron chi connectivity index (χ0n) is 37.9. The van der Waals surface area contributed by atoms with E-state index in [-0.39, 0.29) is 58.9 Å². The molecule has 1 aromatic heterocycles. The number of hydrogen-bond donors (Lipinski definition) is 7. The van der Waals surface area contributed by atoms with E-state index in [1.165, 1.54) is 50.1 Å². The van der Waals surface area contributed by atoms with Crippen LogP contribution in [-0.4, -0.2) is 97.2 Å². The second kappa shape index (κ2) is 22.5. The number of amides is 4. The Morgan fingerprint density at radius 3 is 2.16 bits per heavy atom. The van der Waals surface area contributed by atoms with E-state index < -0.39 is 53.6 Å². The van der Waals surface area contributed by atoms with Gasteiger partial charge in [0.1, 0.15) is 36.0 Å². The van der Waals surface area contributed by atoms with Crippen molar-refractivity contribution < 1.29 is 39.0 Å². The predicted octanol–water partition coefficient (Wildman–Crippen LogP) is 6.07. The van der Waals surface area contributed by atoms with E-state index in [4.69, 9.17) is 17.3 Å². The quantitative estimate of drug-likeness (QED) is 0.0416. The van der Waals surface area contributed by atoms with Gasteiger partial charge in [-0.15, -0.1) is 0 Å². The van der Waals surface area contributed by atoms with Gasteiger partial charge in [0.2, 0.25) is 29.4 Å². The summed E-state index contributed by atoms with van der Waals surface area (Å²) in [5, 5.41) is 37.2. The fourth-order valence-corrected chi connectivity index (χ4v) is 8.52. The van der Waals surface area contributed by atoms with Crippen LogP contribution in [0.25, 0.3) is 22.3 Å². The van der Waals surface area contributed by atoms with Gasteiger partial charge < -0.3 is 36.8 Å². The highest BCUT2D eigenvalue weighted by molar-refractivity contribution is 6.30. The van der Waals surface area contributed by atoms with Crippen LogP contribution in [0.3, 0.4) is 0 Å². The van der Waals surface area contributed by atoms with E-state index in [1.807, 2.05) is 43.3 Å². The summed E-state index contributed by atoms with van der Waals surface area (Å²) in [6, 6.07) is 18.9. The van der Waals surface area contributed by atoms with E-state index in [0.717, 1.165) is 17.5 Å². The maximum atomic E-state index is 14.8. The van der Waals surface area contributed by atoms with Crippen LogP contribution in [-0.2, 0) is 25.6 Å². The number of hydrogen-bond acceptors (Lipinski definition) is 11. The largest absolute Gasteiger partial charge is 0.507 e. The number of benzene rings is 4. The number of aromatic nitrogens is 3. The number of phenols is 2. The van der Waals surface area contributed by atoms with Crippen molar-refractivity contribution in [1.82, 2.24) is 36.0 Å². The first-order valence-corrected chi connectivity index (χ1v) is 22.8. The highest BCUT2D eigenvalue weighted by atomic mass is 35.5. The Morgan fingerprint density at radius 2 is 1.51 bits per heavy atom. The predicted molar refractivity (Wildman–Crippen MR) is 253 cm³/mol. The Balaban J connectivity index is 1.24. The van der Waals surface area contributed by atoms with E-state index in [9.17, 15) is 39.0 Å². The Labute approximate surface area is 394 Å². The van der Waals surface area contributed by atoms with Gasteiger partial charge in [-0.3, -0.25) is 33.9 Å². The van der Waals surface area contributed by atoms with Gasteiger partial charge in [0.15, 0.2) is 11.6 Å². The van der Waals surface area contributed by atoms with Crippen molar-refractivity contribution in [3.05, 3.63) is 119 Å². The lowest BCUT2D eigenvalue weighted by Crippen LogP contribution is -2.56. The number of unbranched alkanes of at least 4 members (excludes halogenated alkanes) is 1. The number of nitrogens with zero attached hydrogens (tertiary/aromatic N) is 3. The van der Waals surface area contributed by atoms with Gasteiger partial charge in [-0.25, -0.2) is 4.98 Å². The zero-order valence-corrected chi connectivity index (χ0v) is 38.7. The van der Waals surface area contributed by atoms with Crippen LogP contribution in [0.5, 0.6) is 11.5 Å². The summed E-state index contributed by atoms with van der Waals surface area (Å²) in [4.78, 5) is 88.4. The molecule has 352 valence electrons. The Bertz CT molecular complexity index is 2570. The third-order valence-corrected chi connectivity index (χ3v) is 12.6. The molecule has 2 heterocycles. The lowest BCUT2D eigenvalue weighted by molar-refractivity contribution is -0.144. The van der Waals surface area contributed by atoms with Crippen molar-refractivity contribution in [3.63, 3.8) is 0 Å². The smallest absolute Gasteiger partial charge is 0.248 e. The van der Waals surface area contributed by atoms with Crippen molar-refractivity contribution in [3.8, 4) is 33.8 Å². The summed E-state index contributed by atoms with van der Waals surface area (Å²) in [7, 11) is 1.51. The first kappa shape index (κ1) is 49.5. The summed E-state index contributed by atoms with van der Waals surface area (Å²) < 4.78 is 0. The van der Waals surface area contributed by atoms with Crippen molar-refractivity contribution in [2.75, 3.05) is 13.6 Å². The molecule has 0 fully saturated rings. The summed E-state index contributed by atoms with van der Waals surface area (Å²) in [6.07, 6.45) is 4.13. The fourth-order valence-electron chi connectivity index (χ4n) is 8.39. The topological polar surface area (TPSA) is 250 Å². The molecule has 0 saturated carbocycles. The Kier molecular flexibility index (Phi) is 16.6. The normalized spacial score (nSPS) is 17.5. The molecule has 1 aliphatic rings. The van der Waals surface area contributed by atoms with Gasteiger partial charge in [0.05, 0.1) is 6.04 Å². The van der Waals surface area contributed by atoms with Gasteiger partial charge in [-0.2, -0.15) is 5.10 Å². The monoisotopic (exact) mass is 932 g/mol. The van der Waals surface area contributed by atoms with Crippen molar-refractivity contribution in [2.24, 2.45) is 17.6 Å². The maximum Gasteiger partial charge on any atom is 0.248 e. The standard InChI is InChI=1S/C50H57ClN8O8/c1-28(8-7-10-41(60)34-14-12-32(13-15-34)33-16-19-36(51)20-17-33)37(9-5-6-23-52)50(67)59(4)44-35-18-22-43(62)39(26-35)38-24-31(11-21-42(38)61)25-40(57-47(64)30(3)56-49(44)66)48(65)55-29(2)45(63)46-53-27-54-58-46/h11-22,24,26-30,37,40,44,61-62H,5-10,23,25,52H2,1-4H3,(H,55,65)(H,56,66)(H,57,64)(H,53,54,58). The first-order chi connectivity index (χ1) is 32.1. The van der Waals surface area contributed by atoms with Crippen molar-refractivity contribution in [2.45, 2.75) is 89.9 Å². The maximum absolute atomic E-state index is 14.8. The zero-order chi connectivity index (χ0) is 48.4. The highest BCUT2D eigenvalue weighted by Crippen LogP contribution is 2.39. The molecule has 6 rings (SSSR count). The second-order valence-electron chi connectivity index (χ2n) is 17.2. The molecule has 8 N–H and O–H groups in total. The fraction of sp³-hybridized carbons (Fsp3) is 0.360. The molecule has 4 amide bonds. The molecule has 16 nitrogen and oxygen atoms in total. The number of aromatic hydroxyl groups is 2. The number of fused-ring (bicyclic) bond motifs is 5. The minimum absolute atomic E-state index is 0.0216. The minimum atomic E-state index is -1.33. The van der Waals surface area contributed by atoms with Crippen LogP contribution in [0, 0.1) is 11.8 Å². The lowest BCUT2D eigenvalue weighted by atomic mass is 9.83. The molecular weight excluding hydrogens is 876 g/mol. The number of ketones is 2. The number of rotatable bonds is 17. The number of halogens is 1. The number of H-pyrrole nitrogens is 1. The van der Waals surface area contributed by atoms with E-state index in [1.54, 1.807) is 24.3 Å². The molecule has 4 aromatic carbocycles. The van der Waals surface area contributed by atoms with Gasteiger partial charge in [-0.05, 0) is 111 Å². The molecule has 0 saturated heterocycles. The number of nitrogens with two attached hydrogens (primary N) is 1. The average molecular weight is 934 g/mol. The highest BCUT2D eigenvalue weighted by Gasteiger charge is 2.37. The van der Waals surface area contributed by atoms with Crippen LogP contribution in [0.4, 0.5) is 0 Å². The number of phenolic OH excluding ortho intramolecular Hbond substituents is 2. The molecule has 0 radical (unpaired) electrons. The minimum Gasteiger partial charge on any atom is -0.507 e. The second-order valence-corrected chi connectivity index (χ2v) is 17.6. The van der Waals surface area contributed by atoms with Crippen molar-refractivity contribution >= 4 is 46.8 Å². The third-order valence-electron chi connectivity index (χ3n) is 12.3. The van der Waals surface area contributed by atoms with Crippen LogP contribution in [0.15, 0.2) is 91.3 Å². The van der Waals surface area contributed by atoms with Crippen LogP contribution in [0.1, 0.15) is 97.4 Å². The molecule has 5 aromatic rings. The lowest BCUT2D eigenvalue weighted by Gasteiger charge is -2.34. The van der Waals surface area contributed by atoms with Crippen LogP contribution in [0.2, 0.25) is 5.02 Å². The van der Waals surface area contributed by atoms with E-state index in [2.05, 4.69) is 31.1 Å². The molecule has 0 aliphatic carbocycles. The summed E-state index contributed by atoms with van der Waals surface area (Å²) >= 11 is 6.05. The number of likely N-dealkylation sites (N-methyl/N-ethyl adjacent to an activating group) is 1. The molecule has 17 heteroatoms. The third kappa shape index (κ3) is 12.3. The molecule has 6 unspecified atom stereocenters. The van der Waals surface area contributed by atoms with Gasteiger partial charge >= 0.3 is 0 Å². The summed E-state index contributed by atoms with van der Waals surface area (Å²) in [5.74, 6) is -4.41. The SMILES string of the molecule is CC1NC(=O)C(N(C)C(=O)C(CCCCN)C(C)CCCC(=O)c2ccc(-c3ccc(Cl)cc3)cc2)c2ccc(O)c(c2)-c2cc(ccc2O)CC(C(=O)NC(C)C(=O)c2ncn[nH]2)NC1=O. The van der Waals surface area contributed by atoms with Crippen LogP contribution < -0.4 is 21.7 Å². The van der Waals surface area contributed by atoms with E-state index in [0.29, 0.717) is 60.4 Å². The number of Topliss-reactive ketones (excluding diaryl/α,β-unsaturated/α-hetero) is 2.